The molecule has 1 aliphatic heterocycles. The smallest absolute Gasteiger partial charge is 0.0245 e. The lowest BCUT2D eigenvalue weighted by Crippen LogP contribution is -2.34. The summed E-state index contributed by atoms with van der Waals surface area (Å²) in [5.74, 6) is 0.800. The van der Waals surface area contributed by atoms with Gasteiger partial charge in [0.15, 0.2) is 0 Å². The van der Waals surface area contributed by atoms with Crippen molar-refractivity contribution in [3.63, 3.8) is 0 Å². The summed E-state index contributed by atoms with van der Waals surface area (Å²) in [5, 5.41) is 2.49. The first kappa shape index (κ1) is 9.47. The van der Waals surface area contributed by atoms with E-state index in [0.29, 0.717) is 5.41 Å². The zero-order chi connectivity index (χ0) is 9.47. The maximum absolute atomic E-state index is 3.58. The summed E-state index contributed by atoms with van der Waals surface area (Å²) in [4.78, 5) is 0. The molecule has 1 unspecified atom stereocenters. The second kappa shape index (κ2) is 3.25. The lowest BCUT2D eigenvalue weighted by molar-refractivity contribution is 0.175. The van der Waals surface area contributed by atoms with Crippen molar-refractivity contribution < 1.29 is 0 Å². The number of hydrazine groups is 1. The summed E-state index contributed by atoms with van der Waals surface area (Å²) in [7, 11) is 0. The Hall–Kier alpha value is -0.0800. The van der Waals surface area contributed by atoms with Gasteiger partial charge in [-0.15, -0.1) is 0 Å². The molecule has 0 radical (unpaired) electrons. The summed E-state index contributed by atoms with van der Waals surface area (Å²) in [6.45, 7) is 9.52. The number of nitrogens with zero attached hydrogens (tertiary/aromatic N) is 1. The van der Waals surface area contributed by atoms with Gasteiger partial charge in [-0.1, -0.05) is 20.8 Å². The van der Waals surface area contributed by atoms with Crippen molar-refractivity contribution in [2.24, 2.45) is 11.3 Å². The maximum Gasteiger partial charge on any atom is 0.0245 e. The summed E-state index contributed by atoms with van der Waals surface area (Å²) < 4.78 is 0. The van der Waals surface area contributed by atoms with Crippen LogP contribution >= 0.6 is 0 Å². The van der Waals surface area contributed by atoms with Crippen LogP contribution in [-0.2, 0) is 0 Å². The molecular weight excluding hydrogens is 160 g/mol. The first-order valence-corrected chi connectivity index (χ1v) is 5.68. The van der Waals surface area contributed by atoms with Crippen LogP contribution in [-0.4, -0.2) is 24.1 Å². The van der Waals surface area contributed by atoms with Gasteiger partial charge in [0.2, 0.25) is 0 Å². The van der Waals surface area contributed by atoms with E-state index in [9.17, 15) is 0 Å². The normalized spacial score (nSPS) is 36.0. The molecule has 1 saturated carbocycles. The molecule has 0 bridgehead atoms. The molecule has 2 nitrogen and oxygen atoms in total. The SMILES string of the molecule is CCC1(C(C)C)CNN(C2CC2)C1. The molecule has 0 aromatic carbocycles. The van der Waals surface area contributed by atoms with Gasteiger partial charge in [-0.05, 0) is 25.2 Å². The Morgan fingerprint density at radius 2 is 2.15 bits per heavy atom. The summed E-state index contributed by atoms with van der Waals surface area (Å²) in [6, 6.07) is 0.868. The van der Waals surface area contributed by atoms with Crippen molar-refractivity contribution in [1.82, 2.24) is 10.4 Å². The largest absolute Gasteiger partial charge is 0.254 e. The van der Waals surface area contributed by atoms with Gasteiger partial charge in [0.1, 0.15) is 0 Å². The van der Waals surface area contributed by atoms with E-state index >= 15 is 0 Å². The highest BCUT2D eigenvalue weighted by molar-refractivity contribution is 4.95. The molecule has 2 fully saturated rings. The van der Waals surface area contributed by atoms with Crippen LogP contribution < -0.4 is 5.43 Å². The van der Waals surface area contributed by atoms with Crippen molar-refractivity contribution >= 4 is 0 Å². The fraction of sp³-hybridized carbons (Fsp3) is 1.00. The van der Waals surface area contributed by atoms with E-state index in [1.165, 1.54) is 32.4 Å². The van der Waals surface area contributed by atoms with Gasteiger partial charge < -0.3 is 0 Å². The molecule has 2 rings (SSSR count). The van der Waals surface area contributed by atoms with E-state index in [2.05, 4.69) is 31.2 Å². The van der Waals surface area contributed by atoms with Crippen LogP contribution in [0, 0.1) is 11.3 Å². The average Bonchev–Trinajstić information content (AvgIpc) is 2.85. The average molecular weight is 182 g/mol. The second-order valence-electron chi connectivity index (χ2n) is 5.06. The summed E-state index contributed by atoms with van der Waals surface area (Å²) in [6.07, 6.45) is 4.12. The number of nitrogens with one attached hydrogen (secondary N) is 1. The van der Waals surface area contributed by atoms with Crippen LogP contribution in [0.2, 0.25) is 0 Å². The van der Waals surface area contributed by atoms with Crippen LogP contribution in [0.3, 0.4) is 0 Å². The molecular formula is C11H22N2. The molecule has 0 aromatic heterocycles. The Labute approximate surface area is 81.7 Å². The van der Waals surface area contributed by atoms with E-state index in [-0.39, 0.29) is 0 Å². The lowest BCUT2D eigenvalue weighted by Gasteiger charge is -2.31. The number of hydrogen-bond acceptors (Lipinski definition) is 2. The van der Waals surface area contributed by atoms with Gasteiger partial charge in [-0.3, -0.25) is 5.43 Å². The highest BCUT2D eigenvalue weighted by atomic mass is 15.6. The van der Waals surface area contributed by atoms with Gasteiger partial charge in [-0.2, -0.15) is 0 Å². The third-order valence-corrected chi connectivity index (χ3v) is 4.04. The quantitative estimate of drug-likeness (QED) is 0.718. The van der Waals surface area contributed by atoms with E-state index in [4.69, 9.17) is 0 Å². The molecule has 1 aliphatic carbocycles. The van der Waals surface area contributed by atoms with E-state index < -0.39 is 0 Å². The highest BCUT2D eigenvalue weighted by Gasteiger charge is 2.43. The molecule has 1 atom stereocenters. The first-order chi connectivity index (χ1) is 6.18. The molecule has 0 aromatic rings. The van der Waals surface area contributed by atoms with E-state index in [0.717, 1.165) is 12.0 Å². The Kier molecular flexibility index (Phi) is 2.37. The molecule has 2 heteroatoms. The van der Waals surface area contributed by atoms with Crippen molar-refractivity contribution in [3.8, 4) is 0 Å². The Morgan fingerprint density at radius 3 is 2.54 bits per heavy atom. The molecule has 1 heterocycles. The first-order valence-electron chi connectivity index (χ1n) is 5.68. The third kappa shape index (κ3) is 1.62. The summed E-state index contributed by atoms with van der Waals surface area (Å²) >= 11 is 0. The fourth-order valence-corrected chi connectivity index (χ4v) is 2.39. The zero-order valence-electron chi connectivity index (χ0n) is 9.14. The molecule has 1 saturated heterocycles. The number of rotatable bonds is 3. The van der Waals surface area contributed by atoms with E-state index in [1.807, 2.05) is 0 Å². The Balaban J connectivity index is 1.99. The molecule has 0 spiro atoms. The Bertz CT molecular complexity index is 187. The molecule has 2 aliphatic rings. The van der Waals surface area contributed by atoms with Crippen LogP contribution in [0.4, 0.5) is 0 Å². The predicted molar refractivity (Wildman–Crippen MR) is 55.3 cm³/mol. The van der Waals surface area contributed by atoms with Crippen LogP contribution in [0.25, 0.3) is 0 Å². The van der Waals surface area contributed by atoms with Gasteiger partial charge in [0.25, 0.3) is 0 Å². The van der Waals surface area contributed by atoms with Crippen LogP contribution in [0.1, 0.15) is 40.0 Å². The van der Waals surface area contributed by atoms with Crippen LogP contribution in [0.15, 0.2) is 0 Å². The van der Waals surface area contributed by atoms with Crippen LogP contribution in [0.5, 0.6) is 0 Å². The van der Waals surface area contributed by atoms with Gasteiger partial charge in [-0.25, -0.2) is 5.01 Å². The van der Waals surface area contributed by atoms with Gasteiger partial charge in [0, 0.05) is 24.5 Å². The minimum Gasteiger partial charge on any atom is -0.254 e. The fourth-order valence-electron chi connectivity index (χ4n) is 2.39. The third-order valence-electron chi connectivity index (χ3n) is 4.04. The minimum atomic E-state index is 0.544. The monoisotopic (exact) mass is 182 g/mol. The van der Waals surface area contributed by atoms with Gasteiger partial charge >= 0.3 is 0 Å². The second-order valence-corrected chi connectivity index (χ2v) is 5.06. The Morgan fingerprint density at radius 1 is 1.46 bits per heavy atom. The number of hydrogen-bond donors (Lipinski definition) is 1. The topological polar surface area (TPSA) is 15.3 Å². The van der Waals surface area contributed by atoms with Gasteiger partial charge in [0.05, 0.1) is 0 Å². The lowest BCUT2D eigenvalue weighted by atomic mass is 9.76. The van der Waals surface area contributed by atoms with Crippen molar-refractivity contribution in [2.45, 2.75) is 46.1 Å². The zero-order valence-corrected chi connectivity index (χ0v) is 9.14. The van der Waals surface area contributed by atoms with Crippen molar-refractivity contribution in [3.05, 3.63) is 0 Å². The van der Waals surface area contributed by atoms with Crippen molar-refractivity contribution in [2.75, 3.05) is 13.1 Å². The maximum atomic E-state index is 3.58. The molecule has 0 amide bonds. The predicted octanol–water partition coefficient (Wildman–Crippen LogP) is 2.02. The van der Waals surface area contributed by atoms with E-state index in [1.54, 1.807) is 0 Å². The molecule has 13 heavy (non-hydrogen) atoms. The minimum absolute atomic E-state index is 0.544. The molecule has 76 valence electrons. The van der Waals surface area contributed by atoms with Crippen molar-refractivity contribution in [1.29, 1.82) is 0 Å². The summed E-state index contributed by atoms with van der Waals surface area (Å²) in [5.41, 5.74) is 4.12. The molecule has 1 N–H and O–H groups in total. The highest BCUT2D eigenvalue weighted by Crippen LogP contribution is 2.39. The standard InChI is InChI=1S/C11H22N2/c1-4-11(9(2)3)7-12-13(8-11)10-5-6-10/h9-10,12H,4-8H2,1-3H3.